The molecule has 0 N–H and O–H groups in total. The van der Waals surface area contributed by atoms with E-state index in [2.05, 4.69) is 262 Å². The fourth-order valence-electron chi connectivity index (χ4n) is 10.7. The minimum Gasteiger partial charge on any atom is -0.311 e. The molecular weight excluding hydrogens is 798 g/mol. The minimum absolute atomic E-state index is 0.0278. The SMILES string of the molecule is CC(C)(C)c1ccc2c3ccc(C(C)(C)C)cc3n(-c3cc4c5c(c3)N(c3ccccc3)c3ccc(-c6ccccc6)cc3B5c3cc(-c5ccccc5)ccc3N4c3ccccc3)c2c1. The highest BCUT2D eigenvalue weighted by molar-refractivity contribution is 7.00. The van der Waals surface area contributed by atoms with Crippen molar-refractivity contribution < 1.29 is 0 Å². The summed E-state index contributed by atoms with van der Waals surface area (Å²) in [6, 6.07) is 77.2. The van der Waals surface area contributed by atoms with Gasteiger partial charge < -0.3 is 14.4 Å². The van der Waals surface area contributed by atoms with Crippen LogP contribution in [0, 0.1) is 0 Å². The number of rotatable bonds is 5. The third-order valence-electron chi connectivity index (χ3n) is 14.1. The molecule has 12 rings (SSSR count). The molecule has 0 bridgehead atoms. The third kappa shape index (κ3) is 6.42. The topological polar surface area (TPSA) is 11.4 Å². The van der Waals surface area contributed by atoms with Gasteiger partial charge in [-0.15, -0.1) is 0 Å². The van der Waals surface area contributed by atoms with Crippen molar-refractivity contribution in [1.82, 2.24) is 4.57 Å². The van der Waals surface area contributed by atoms with Crippen molar-refractivity contribution in [2.75, 3.05) is 9.80 Å². The lowest BCUT2D eigenvalue weighted by atomic mass is 9.33. The van der Waals surface area contributed by atoms with Crippen molar-refractivity contribution in [3.05, 3.63) is 217 Å². The number of nitrogens with zero attached hydrogens (tertiary/aromatic N) is 3. The zero-order chi connectivity index (χ0) is 44.9. The van der Waals surface area contributed by atoms with E-state index < -0.39 is 0 Å². The Labute approximate surface area is 389 Å². The molecule has 0 saturated carbocycles. The fourth-order valence-corrected chi connectivity index (χ4v) is 10.7. The summed E-state index contributed by atoms with van der Waals surface area (Å²) in [5.41, 5.74) is 21.9. The van der Waals surface area contributed by atoms with Gasteiger partial charge >= 0.3 is 0 Å². The summed E-state index contributed by atoms with van der Waals surface area (Å²) in [7, 11) is 0. The van der Waals surface area contributed by atoms with Crippen LogP contribution in [0.3, 0.4) is 0 Å². The summed E-state index contributed by atoms with van der Waals surface area (Å²) >= 11 is 0. The van der Waals surface area contributed by atoms with Gasteiger partial charge in [0.25, 0.3) is 6.71 Å². The third-order valence-corrected chi connectivity index (χ3v) is 14.1. The molecule has 2 aliphatic rings. The van der Waals surface area contributed by atoms with Crippen LogP contribution in [0.1, 0.15) is 52.7 Å². The molecule has 0 saturated heterocycles. The first kappa shape index (κ1) is 40.0. The van der Waals surface area contributed by atoms with E-state index in [1.165, 1.54) is 94.3 Å². The normalized spacial score (nSPS) is 13.2. The van der Waals surface area contributed by atoms with Gasteiger partial charge in [0.05, 0.1) is 16.7 Å². The van der Waals surface area contributed by atoms with Crippen LogP contribution in [0.25, 0.3) is 49.7 Å². The Kier molecular flexibility index (Phi) is 9.09. The lowest BCUT2D eigenvalue weighted by Crippen LogP contribution is -2.61. The Morgan fingerprint density at radius 3 is 1.12 bits per heavy atom. The van der Waals surface area contributed by atoms with Gasteiger partial charge in [-0.3, -0.25) is 0 Å². The van der Waals surface area contributed by atoms with Crippen LogP contribution >= 0.6 is 0 Å². The van der Waals surface area contributed by atoms with Gasteiger partial charge in [-0.2, -0.15) is 0 Å². The molecule has 1 aromatic heterocycles. The van der Waals surface area contributed by atoms with Crippen LogP contribution in [0.15, 0.2) is 206 Å². The van der Waals surface area contributed by atoms with Crippen molar-refractivity contribution in [2.24, 2.45) is 0 Å². The highest BCUT2D eigenvalue weighted by Gasteiger charge is 2.44. The number of para-hydroxylation sites is 2. The summed E-state index contributed by atoms with van der Waals surface area (Å²) < 4.78 is 2.56. The summed E-state index contributed by atoms with van der Waals surface area (Å²) in [5.74, 6) is 0. The molecule has 0 unspecified atom stereocenters. The molecule has 3 nitrogen and oxygen atoms in total. The van der Waals surface area contributed by atoms with Crippen LogP contribution in [0.5, 0.6) is 0 Å². The van der Waals surface area contributed by atoms with Gasteiger partial charge in [0.15, 0.2) is 0 Å². The number of aromatic nitrogens is 1. The first-order chi connectivity index (χ1) is 32.0. The summed E-state index contributed by atoms with van der Waals surface area (Å²) in [6.45, 7) is 13.9. The second kappa shape index (κ2) is 15.0. The molecule has 0 aliphatic carbocycles. The van der Waals surface area contributed by atoms with E-state index in [4.69, 9.17) is 0 Å². The molecule has 4 heteroatoms. The number of fused-ring (bicyclic) bond motifs is 7. The molecular formula is C62H52BN3. The summed E-state index contributed by atoms with van der Waals surface area (Å²) in [6.07, 6.45) is 0. The van der Waals surface area contributed by atoms with E-state index in [1.54, 1.807) is 0 Å². The lowest BCUT2D eigenvalue weighted by Gasteiger charge is -2.44. The molecule has 2 aliphatic heterocycles. The van der Waals surface area contributed by atoms with Crippen molar-refractivity contribution in [3.8, 4) is 27.9 Å². The van der Waals surface area contributed by atoms with Crippen LogP contribution in [0.4, 0.5) is 34.1 Å². The van der Waals surface area contributed by atoms with Crippen LogP contribution in [-0.2, 0) is 10.8 Å². The zero-order valence-electron chi connectivity index (χ0n) is 38.5. The van der Waals surface area contributed by atoms with E-state index >= 15 is 0 Å². The molecule has 0 fully saturated rings. The van der Waals surface area contributed by atoms with Gasteiger partial charge in [-0.25, -0.2) is 0 Å². The van der Waals surface area contributed by atoms with Crippen molar-refractivity contribution in [3.63, 3.8) is 0 Å². The number of benzene rings is 9. The average molecular weight is 850 g/mol. The molecule has 0 amide bonds. The zero-order valence-corrected chi connectivity index (χ0v) is 38.5. The molecule has 9 aromatic carbocycles. The Hall–Kier alpha value is -7.56. The second-order valence-corrected chi connectivity index (χ2v) is 20.3. The molecule has 3 heterocycles. The van der Waals surface area contributed by atoms with Crippen molar-refractivity contribution in [1.29, 1.82) is 0 Å². The monoisotopic (exact) mass is 849 g/mol. The number of hydrogen-bond donors (Lipinski definition) is 0. The maximum atomic E-state index is 2.56. The number of hydrogen-bond acceptors (Lipinski definition) is 2. The standard InChI is InChI=1S/C62H52BN3/c1-61(2,3)45-29-31-50-51-32-30-46(62(4,5)6)38-57(51)66(56(50)37-45)49-39-58-60-59(40-49)65(48-25-17-10-18-26-48)55-34-28-44(42-21-13-8-14-22-42)36-53(55)63(60)52-35-43(41-19-11-7-12-20-41)27-33-54(52)64(58)47-23-15-9-16-24-47/h7-40H,1-6H3. The van der Waals surface area contributed by atoms with Gasteiger partial charge in [0.1, 0.15) is 0 Å². The average Bonchev–Trinajstić information content (AvgIpc) is 3.67. The quantitative estimate of drug-likeness (QED) is 0.160. The molecule has 0 spiro atoms. The fraction of sp³-hybridized carbons (Fsp3) is 0.129. The molecule has 66 heavy (non-hydrogen) atoms. The van der Waals surface area contributed by atoms with Gasteiger partial charge in [-0.05, 0) is 121 Å². The molecule has 10 aromatic rings. The summed E-state index contributed by atoms with van der Waals surface area (Å²) in [5, 5.41) is 2.53. The van der Waals surface area contributed by atoms with Crippen molar-refractivity contribution >= 4 is 79.0 Å². The highest BCUT2D eigenvalue weighted by Crippen LogP contribution is 2.47. The lowest BCUT2D eigenvalue weighted by molar-refractivity contribution is 0.591. The predicted octanol–water partition coefficient (Wildman–Crippen LogP) is 14.8. The highest BCUT2D eigenvalue weighted by atomic mass is 15.2. The Morgan fingerprint density at radius 2 is 0.727 bits per heavy atom. The molecule has 318 valence electrons. The Morgan fingerprint density at radius 1 is 0.333 bits per heavy atom. The van der Waals surface area contributed by atoms with E-state index in [0.29, 0.717) is 0 Å². The van der Waals surface area contributed by atoms with Crippen LogP contribution in [-0.4, -0.2) is 11.3 Å². The van der Waals surface area contributed by atoms with Gasteiger partial charge in [0.2, 0.25) is 0 Å². The van der Waals surface area contributed by atoms with Gasteiger partial charge in [0, 0.05) is 44.9 Å². The molecule has 0 atom stereocenters. The number of anilines is 6. The Balaban J connectivity index is 1.23. The first-order valence-electron chi connectivity index (χ1n) is 23.4. The van der Waals surface area contributed by atoms with E-state index in [0.717, 1.165) is 17.1 Å². The smallest absolute Gasteiger partial charge is 0.252 e. The van der Waals surface area contributed by atoms with E-state index in [9.17, 15) is 0 Å². The van der Waals surface area contributed by atoms with Crippen LogP contribution in [0.2, 0.25) is 0 Å². The Bertz CT molecular complexity index is 3260. The molecule has 0 radical (unpaired) electrons. The van der Waals surface area contributed by atoms with Crippen LogP contribution < -0.4 is 26.2 Å². The maximum absolute atomic E-state index is 2.56. The first-order valence-corrected chi connectivity index (χ1v) is 23.4. The maximum Gasteiger partial charge on any atom is 0.252 e. The second-order valence-electron chi connectivity index (χ2n) is 20.3. The van der Waals surface area contributed by atoms with E-state index in [-0.39, 0.29) is 17.5 Å². The summed E-state index contributed by atoms with van der Waals surface area (Å²) in [4.78, 5) is 5.07. The predicted molar refractivity (Wildman–Crippen MR) is 283 cm³/mol. The minimum atomic E-state index is -0.0561. The van der Waals surface area contributed by atoms with Crippen molar-refractivity contribution in [2.45, 2.75) is 52.4 Å². The largest absolute Gasteiger partial charge is 0.311 e. The van der Waals surface area contributed by atoms with Gasteiger partial charge in [-0.1, -0.05) is 187 Å². The van der Waals surface area contributed by atoms with E-state index in [1.807, 2.05) is 0 Å².